The van der Waals surface area contributed by atoms with E-state index in [1.807, 2.05) is 24.3 Å². The second-order valence-electron chi connectivity index (χ2n) is 10.9. The Morgan fingerprint density at radius 1 is 1.02 bits per heavy atom. The molecule has 1 atom stereocenters. The van der Waals surface area contributed by atoms with Crippen LogP contribution in [0.25, 0.3) is 0 Å². The van der Waals surface area contributed by atoms with Crippen molar-refractivity contribution in [2.75, 3.05) is 49.1 Å². The average Bonchev–Trinajstić information content (AvgIpc) is 3.36. The fourth-order valence-corrected chi connectivity index (χ4v) is 7.45. The number of aromatic nitrogens is 1. The molecule has 2 N–H and O–H groups in total. The second-order valence-corrected chi connectivity index (χ2v) is 12.7. The fourth-order valence-electron chi connectivity index (χ4n) is 5.99. The van der Waals surface area contributed by atoms with Crippen LogP contribution in [0.3, 0.4) is 0 Å². The van der Waals surface area contributed by atoms with Gasteiger partial charge in [0.05, 0.1) is 35.9 Å². The Kier molecular flexibility index (Phi) is 8.64. The first-order chi connectivity index (χ1) is 22.3. The number of hydrogen-bond donors (Lipinski definition) is 2. The molecule has 3 heterocycles. The Balaban J connectivity index is 1.49. The van der Waals surface area contributed by atoms with Crippen molar-refractivity contribution >= 4 is 27.3 Å². The zero-order chi connectivity index (χ0) is 32.3. The van der Waals surface area contributed by atoms with Crippen LogP contribution in [0.1, 0.15) is 29.2 Å². The van der Waals surface area contributed by atoms with Gasteiger partial charge < -0.3 is 19.7 Å². The number of carbonyl (C=O) groups excluding carboxylic acids is 1. The summed E-state index contributed by atoms with van der Waals surface area (Å²) >= 11 is 0. The summed E-state index contributed by atoms with van der Waals surface area (Å²) in [7, 11) is -2.93. The molecule has 12 heteroatoms. The minimum Gasteiger partial charge on any atom is -0.497 e. The molecule has 1 amide bonds. The first kappa shape index (κ1) is 31.0. The molecule has 2 aliphatic heterocycles. The standard InChI is InChI=1S/C34H34N6O5S/c1-3-45-32-29(5-4-16-37-32)34(38-23-24-6-9-26(10-7-24)39-19-17-36-18-20-39)30-21-25(22-35)8-15-31(30)40(33(34)41)46(42,43)28-13-11-27(44-2)12-14-28/h4-16,21,36,38H,3,17-20,23H2,1-2H3. The minimum atomic E-state index is -4.42. The predicted octanol–water partition coefficient (Wildman–Crippen LogP) is 3.54. The number of methoxy groups -OCH3 is 1. The van der Waals surface area contributed by atoms with E-state index in [0.717, 1.165) is 41.7 Å². The third kappa shape index (κ3) is 5.43. The Morgan fingerprint density at radius 2 is 1.76 bits per heavy atom. The third-order valence-electron chi connectivity index (χ3n) is 8.28. The van der Waals surface area contributed by atoms with Gasteiger partial charge in [-0.2, -0.15) is 5.26 Å². The molecule has 3 aromatic carbocycles. The number of piperazine rings is 1. The zero-order valence-corrected chi connectivity index (χ0v) is 26.4. The zero-order valence-electron chi connectivity index (χ0n) is 25.6. The normalized spacial score (nSPS) is 17.8. The van der Waals surface area contributed by atoms with Crippen LogP contribution in [-0.4, -0.2) is 59.2 Å². The quantitative estimate of drug-likeness (QED) is 0.265. The van der Waals surface area contributed by atoms with E-state index in [-0.39, 0.29) is 35.2 Å². The van der Waals surface area contributed by atoms with Crippen molar-refractivity contribution in [2.45, 2.75) is 23.9 Å². The average molecular weight is 639 g/mol. The summed E-state index contributed by atoms with van der Waals surface area (Å²) in [4.78, 5) is 21.6. The predicted molar refractivity (Wildman–Crippen MR) is 173 cm³/mol. The third-order valence-corrected chi connectivity index (χ3v) is 9.99. The number of anilines is 2. The Bertz CT molecular complexity index is 1890. The second kappa shape index (κ2) is 12.8. The van der Waals surface area contributed by atoms with Gasteiger partial charge in [0, 0.05) is 55.7 Å². The number of ether oxygens (including phenoxy) is 2. The van der Waals surface area contributed by atoms with Crippen molar-refractivity contribution in [3.05, 3.63) is 107 Å². The molecule has 6 rings (SSSR count). The molecule has 4 aromatic rings. The van der Waals surface area contributed by atoms with Crippen LogP contribution in [0.15, 0.2) is 90.0 Å². The monoisotopic (exact) mass is 638 g/mol. The lowest BCUT2D eigenvalue weighted by atomic mass is 9.83. The lowest BCUT2D eigenvalue weighted by Gasteiger charge is -2.32. The highest BCUT2D eigenvalue weighted by Crippen LogP contribution is 2.49. The number of sulfonamides is 1. The van der Waals surface area contributed by atoms with E-state index in [1.54, 1.807) is 31.3 Å². The molecule has 1 fully saturated rings. The van der Waals surface area contributed by atoms with Crippen molar-refractivity contribution in [3.8, 4) is 17.7 Å². The van der Waals surface area contributed by atoms with Crippen LogP contribution >= 0.6 is 0 Å². The molecule has 0 saturated carbocycles. The number of pyridine rings is 1. The van der Waals surface area contributed by atoms with Crippen LogP contribution in [0.2, 0.25) is 0 Å². The van der Waals surface area contributed by atoms with Crippen LogP contribution in [0.5, 0.6) is 11.6 Å². The van der Waals surface area contributed by atoms with E-state index in [9.17, 15) is 18.5 Å². The van der Waals surface area contributed by atoms with Crippen molar-refractivity contribution in [2.24, 2.45) is 0 Å². The molecular formula is C34H34N6O5S. The van der Waals surface area contributed by atoms with Gasteiger partial charge in [0.2, 0.25) is 5.88 Å². The molecule has 1 aromatic heterocycles. The molecule has 236 valence electrons. The van der Waals surface area contributed by atoms with Crippen LogP contribution in [0.4, 0.5) is 11.4 Å². The molecule has 11 nitrogen and oxygen atoms in total. The van der Waals surface area contributed by atoms with E-state index in [4.69, 9.17) is 9.47 Å². The summed E-state index contributed by atoms with van der Waals surface area (Å²) < 4.78 is 40.5. The Morgan fingerprint density at radius 3 is 2.43 bits per heavy atom. The van der Waals surface area contributed by atoms with Gasteiger partial charge in [-0.15, -0.1) is 0 Å². The molecule has 0 radical (unpaired) electrons. The van der Waals surface area contributed by atoms with Crippen molar-refractivity contribution in [3.63, 3.8) is 0 Å². The van der Waals surface area contributed by atoms with Gasteiger partial charge >= 0.3 is 0 Å². The van der Waals surface area contributed by atoms with Crippen LogP contribution in [-0.2, 0) is 26.9 Å². The number of nitrogens with zero attached hydrogens (tertiary/aromatic N) is 4. The molecule has 1 saturated heterocycles. The maximum atomic E-state index is 14.9. The van der Waals surface area contributed by atoms with Gasteiger partial charge in [-0.25, -0.2) is 17.7 Å². The van der Waals surface area contributed by atoms with E-state index < -0.39 is 21.5 Å². The SMILES string of the molecule is CCOc1ncccc1C1(NCc2ccc(N3CCNCC3)cc2)C(=O)N(S(=O)(=O)c2ccc(OC)cc2)c2ccc(C#N)cc21. The highest BCUT2D eigenvalue weighted by atomic mass is 32.2. The number of rotatable bonds is 10. The number of benzene rings is 3. The topological polar surface area (TPSA) is 137 Å². The van der Waals surface area contributed by atoms with Crippen molar-refractivity contribution in [1.82, 2.24) is 15.6 Å². The van der Waals surface area contributed by atoms with Crippen LogP contribution in [0, 0.1) is 11.3 Å². The number of carbonyl (C=O) groups is 1. The van der Waals surface area contributed by atoms with Crippen molar-refractivity contribution in [1.29, 1.82) is 5.26 Å². The first-order valence-corrected chi connectivity index (χ1v) is 16.4. The van der Waals surface area contributed by atoms with E-state index in [2.05, 4.69) is 26.6 Å². The summed E-state index contributed by atoms with van der Waals surface area (Å²) in [6.07, 6.45) is 1.55. The lowest BCUT2D eigenvalue weighted by molar-refractivity contribution is -0.121. The largest absolute Gasteiger partial charge is 0.497 e. The van der Waals surface area contributed by atoms with E-state index in [0.29, 0.717) is 16.9 Å². The maximum Gasteiger partial charge on any atom is 0.270 e. The summed E-state index contributed by atoms with van der Waals surface area (Å²) in [6, 6.07) is 24.0. The Hall–Kier alpha value is -4.96. The van der Waals surface area contributed by atoms with E-state index >= 15 is 0 Å². The van der Waals surface area contributed by atoms with Gasteiger partial charge in [0.25, 0.3) is 15.9 Å². The van der Waals surface area contributed by atoms with Crippen LogP contribution < -0.4 is 29.3 Å². The smallest absolute Gasteiger partial charge is 0.270 e. The van der Waals surface area contributed by atoms with Gasteiger partial charge in [0.1, 0.15) is 5.75 Å². The number of amides is 1. The van der Waals surface area contributed by atoms with Gasteiger partial charge in [-0.1, -0.05) is 12.1 Å². The first-order valence-electron chi connectivity index (χ1n) is 15.0. The number of nitriles is 1. The van der Waals surface area contributed by atoms with Gasteiger partial charge in [0.15, 0.2) is 5.54 Å². The van der Waals surface area contributed by atoms with Gasteiger partial charge in [-0.05, 0) is 79.2 Å². The highest BCUT2D eigenvalue weighted by molar-refractivity contribution is 7.93. The number of hydrogen-bond acceptors (Lipinski definition) is 10. The molecule has 0 spiro atoms. The Labute approximate surface area is 268 Å². The molecule has 46 heavy (non-hydrogen) atoms. The molecule has 1 unspecified atom stereocenters. The maximum absolute atomic E-state index is 14.9. The molecule has 2 aliphatic rings. The lowest BCUT2D eigenvalue weighted by Crippen LogP contribution is -2.52. The number of fused-ring (bicyclic) bond motifs is 1. The highest BCUT2D eigenvalue weighted by Gasteiger charge is 2.57. The minimum absolute atomic E-state index is 0.0903. The molecular weight excluding hydrogens is 604 g/mol. The van der Waals surface area contributed by atoms with E-state index in [1.165, 1.54) is 43.5 Å². The fraction of sp³-hybridized carbons (Fsp3) is 0.265. The summed E-state index contributed by atoms with van der Waals surface area (Å²) in [5.74, 6) is -0.113. The number of nitrogens with one attached hydrogen (secondary N) is 2. The summed E-state index contributed by atoms with van der Waals surface area (Å²) in [5, 5.41) is 16.7. The molecule has 0 aliphatic carbocycles. The van der Waals surface area contributed by atoms with Gasteiger partial charge in [-0.3, -0.25) is 10.1 Å². The summed E-state index contributed by atoms with van der Waals surface area (Å²) in [5.41, 5.74) is 1.25. The molecule has 0 bridgehead atoms. The summed E-state index contributed by atoms with van der Waals surface area (Å²) in [6.45, 7) is 5.92. The van der Waals surface area contributed by atoms with Crippen molar-refractivity contribution < 1.29 is 22.7 Å².